The van der Waals surface area contributed by atoms with Gasteiger partial charge in [0.05, 0.1) is 11.4 Å². The molecule has 0 saturated heterocycles. The topological polar surface area (TPSA) is 100 Å². The highest BCUT2D eigenvalue weighted by molar-refractivity contribution is 6.55. The van der Waals surface area contributed by atoms with Crippen LogP contribution in [0.1, 0.15) is 11.1 Å². The van der Waals surface area contributed by atoms with Gasteiger partial charge in [0.25, 0.3) is 0 Å². The Morgan fingerprint density at radius 3 is 1.85 bits per heavy atom. The highest BCUT2D eigenvalue weighted by atomic mass is 16.3. The van der Waals surface area contributed by atoms with Gasteiger partial charge < -0.3 is 4.42 Å². The van der Waals surface area contributed by atoms with Crippen LogP contribution in [-0.4, -0.2) is 26.4 Å². The average molecular weight is 771 g/mol. The van der Waals surface area contributed by atoms with Gasteiger partial charge in [-0.25, -0.2) is 15.0 Å². The number of furan rings is 1. The summed E-state index contributed by atoms with van der Waals surface area (Å²) < 4.78 is 6.31. The lowest BCUT2D eigenvalue weighted by molar-refractivity contribution is 0.669. The Morgan fingerprint density at radius 2 is 1.05 bits per heavy atom. The minimum absolute atomic E-state index is 0.322. The molecule has 0 amide bonds. The second-order valence-corrected chi connectivity index (χ2v) is 14.8. The maximum atomic E-state index is 8.92. The van der Waals surface area contributed by atoms with Crippen molar-refractivity contribution in [3.63, 3.8) is 0 Å². The predicted molar refractivity (Wildman–Crippen MR) is 245 cm³/mol. The summed E-state index contributed by atoms with van der Waals surface area (Å²) in [5, 5.41) is 17.8. The van der Waals surface area contributed by atoms with Crippen LogP contribution in [0, 0.1) is 5.41 Å². The van der Waals surface area contributed by atoms with E-state index in [9.17, 15) is 0 Å². The zero-order valence-electron chi connectivity index (χ0n) is 32.2. The number of rotatable bonds is 7. The molecule has 7 nitrogen and oxygen atoms in total. The van der Waals surface area contributed by atoms with E-state index in [4.69, 9.17) is 29.9 Å². The first kappa shape index (κ1) is 34.9. The molecule has 60 heavy (non-hydrogen) atoms. The number of para-hydroxylation sites is 2. The third-order valence-corrected chi connectivity index (χ3v) is 11.0. The minimum Gasteiger partial charge on any atom is -0.456 e. The number of nitrogens with one attached hydrogen (secondary N) is 2. The van der Waals surface area contributed by atoms with Crippen molar-refractivity contribution >= 4 is 55.9 Å². The van der Waals surface area contributed by atoms with E-state index < -0.39 is 0 Å². The van der Waals surface area contributed by atoms with E-state index in [1.807, 2.05) is 66.7 Å². The molecule has 11 rings (SSSR count). The molecule has 0 radical (unpaired) electrons. The summed E-state index contributed by atoms with van der Waals surface area (Å²) in [6, 6.07) is 61.7. The van der Waals surface area contributed by atoms with Gasteiger partial charge in [-0.3, -0.25) is 10.8 Å². The molecule has 7 heteroatoms. The van der Waals surface area contributed by atoms with Gasteiger partial charge in [0.15, 0.2) is 17.5 Å². The molecule has 0 saturated carbocycles. The molecule has 2 heterocycles. The van der Waals surface area contributed by atoms with Gasteiger partial charge in [0.1, 0.15) is 16.9 Å². The van der Waals surface area contributed by atoms with Crippen LogP contribution in [0.5, 0.6) is 0 Å². The number of hydrogen-bond acceptors (Lipinski definition) is 7. The van der Waals surface area contributed by atoms with Crippen LogP contribution in [-0.2, 0) is 0 Å². The highest BCUT2D eigenvalue weighted by Crippen LogP contribution is 2.37. The molecule has 0 atom stereocenters. The number of benzene rings is 8. The molecule has 1 aliphatic rings. The number of nitrogens with zero attached hydrogens (tertiary/aromatic N) is 4. The molecule has 1 aliphatic carbocycles. The maximum Gasteiger partial charge on any atom is 0.164 e. The Morgan fingerprint density at radius 1 is 0.450 bits per heavy atom. The average Bonchev–Trinajstić information content (AvgIpc) is 3.69. The normalized spacial score (nSPS) is 13.0. The molecule has 0 spiro atoms. The van der Waals surface area contributed by atoms with Crippen molar-refractivity contribution in [3.05, 3.63) is 199 Å². The van der Waals surface area contributed by atoms with E-state index in [1.165, 1.54) is 0 Å². The molecule has 0 aliphatic heterocycles. The molecule has 282 valence electrons. The van der Waals surface area contributed by atoms with E-state index in [0.717, 1.165) is 88.5 Å². The van der Waals surface area contributed by atoms with Crippen LogP contribution in [0.3, 0.4) is 0 Å². The number of allylic oxidation sites excluding steroid dienone is 1. The first-order valence-electron chi connectivity index (χ1n) is 19.8. The van der Waals surface area contributed by atoms with Crippen molar-refractivity contribution in [2.75, 3.05) is 5.43 Å². The summed E-state index contributed by atoms with van der Waals surface area (Å²) in [5.74, 6) is 1.60. The van der Waals surface area contributed by atoms with Crippen LogP contribution in [0.4, 0.5) is 5.69 Å². The third-order valence-electron chi connectivity index (χ3n) is 11.0. The summed E-state index contributed by atoms with van der Waals surface area (Å²) in [6.45, 7) is 0. The van der Waals surface area contributed by atoms with E-state index in [1.54, 1.807) is 6.08 Å². The lowest BCUT2D eigenvalue weighted by Gasteiger charge is -2.18. The third kappa shape index (κ3) is 6.31. The molecule has 0 bridgehead atoms. The lowest BCUT2D eigenvalue weighted by Crippen LogP contribution is -2.19. The van der Waals surface area contributed by atoms with Crippen molar-refractivity contribution in [1.29, 1.82) is 5.41 Å². The number of fused-ring (bicyclic) bond motifs is 6. The van der Waals surface area contributed by atoms with E-state index >= 15 is 0 Å². The van der Waals surface area contributed by atoms with Crippen LogP contribution in [0.25, 0.3) is 95.2 Å². The lowest BCUT2D eigenvalue weighted by atomic mass is 9.88. The molecule has 0 fully saturated rings. The Kier molecular flexibility index (Phi) is 8.48. The zero-order chi connectivity index (χ0) is 40.0. The van der Waals surface area contributed by atoms with Gasteiger partial charge in [-0.2, -0.15) is 5.10 Å². The molecular weight excluding hydrogens is 737 g/mol. The van der Waals surface area contributed by atoms with E-state index in [0.29, 0.717) is 28.9 Å². The van der Waals surface area contributed by atoms with Crippen LogP contribution >= 0.6 is 0 Å². The Balaban J connectivity index is 1.08. The van der Waals surface area contributed by atoms with E-state index in [-0.39, 0.29) is 0 Å². The van der Waals surface area contributed by atoms with Crippen LogP contribution in [0.2, 0.25) is 0 Å². The highest BCUT2D eigenvalue weighted by Gasteiger charge is 2.22. The smallest absolute Gasteiger partial charge is 0.164 e. The van der Waals surface area contributed by atoms with Gasteiger partial charge >= 0.3 is 0 Å². The van der Waals surface area contributed by atoms with Gasteiger partial charge in [0, 0.05) is 33.0 Å². The van der Waals surface area contributed by atoms with Crippen molar-refractivity contribution in [2.45, 2.75) is 0 Å². The summed E-state index contributed by atoms with van der Waals surface area (Å²) in [6.07, 6.45) is 3.76. The van der Waals surface area contributed by atoms with Crippen LogP contribution < -0.4 is 5.43 Å². The fourth-order valence-corrected chi connectivity index (χ4v) is 8.07. The second-order valence-electron chi connectivity index (χ2n) is 14.8. The van der Waals surface area contributed by atoms with Crippen molar-refractivity contribution in [3.8, 4) is 56.4 Å². The van der Waals surface area contributed by atoms with Crippen molar-refractivity contribution in [1.82, 2.24) is 15.0 Å². The van der Waals surface area contributed by atoms with Crippen LogP contribution in [0.15, 0.2) is 198 Å². The monoisotopic (exact) mass is 770 g/mol. The Labute approximate surface area is 345 Å². The van der Waals surface area contributed by atoms with Crippen molar-refractivity contribution < 1.29 is 4.42 Å². The number of aromatic nitrogens is 3. The SMILES string of the molecule is N=C1C=Cc2ccc3ccc(-c4nc(-c5cccc(-c6ccccc6-c6ccccc6)c5)nc(-c5ccc6c(c5)oc5ccccc56)n4)cc3c2/C1=N/Nc1ccccc1. The number of hydrogen-bond donors (Lipinski definition) is 2. The largest absolute Gasteiger partial charge is 0.456 e. The summed E-state index contributed by atoms with van der Waals surface area (Å²) in [7, 11) is 0. The van der Waals surface area contributed by atoms with Gasteiger partial charge in [-0.1, -0.05) is 146 Å². The fourth-order valence-electron chi connectivity index (χ4n) is 8.07. The first-order valence-corrected chi connectivity index (χ1v) is 19.8. The minimum atomic E-state index is 0.322. The quantitative estimate of drug-likeness (QED) is 0.157. The molecule has 8 aromatic carbocycles. The van der Waals surface area contributed by atoms with Crippen molar-refractivity contribution in [2.24, 2.45) is 5.10 Å². The Hall–Kier alpha value is -8.29. The number of anilines is 1. The van der Waals surface area contributed by atoms with Gasteiger partial charge in [-0.05, 0) is 87.1 Å². The maximum absolute atomic E-state index is 8.92. The number of hydrazone groups is 1. The van der Waals surface area contributed by atoms with E-state index in [2.05, 4.69) is 127 Å². The Bertz CT molecular complexity index is 3370. The second kappa shape index (κ2) is 14.6. The summed E-state index contributed by atoms with van der Waals surface area (Å²) >= 11 is 0. The predicted octanol–water partition coefficient (Wildman–Crippen LogP) is 13.1. The zero-order valence-corrected chi connectivity index (χ0v) is 32.2. The standard InChI is InChI=1S/C53H34N6O/c54-46-29-27-35-24-22-34-23-25-38(31-45(34)49(35)50(46)59-58-40-16-5-2-6-17-40)52-55-51(56-53(57-52)39-26-28-44-43-20-9-10-21-47(43)60-48(44)32-39)37-15-11-14-36(30-37)42-19-8-7-18-41(42)33-12-3-1-4-13-33/h1-32,54,58H/b54-46?,59-50+. The molecule has 10 aromatic rings. The summed E-state index contributed by atoms with van der Waals surface area (Å²) in [5.41, 5.74) is 15.3. The molecule has 0 unspecified atom stereocenters. The molecule has 2 aromatic heterocycles. The summed E-state index contributed by atoms with van der Waals surface area (Å²) in [4.78, 5) is 15.5. The fraction of sp³-hybridized carbons (Fsp3) is 0. The van der Waals surface area contributed by atoms with Gasteiger partial charge in [-0.15, -0.1) is 0 Å². The molecule has 2 N–H and O–H groups in total. The molecular formula is C53H34N6O. The first-order chi connectivity index (χ1) is 29.6. The van der Waals surface area contributed by atoms with Gasteiger partial charge in [0.2, 0.25) is 0 Å².